The molecule has 1 aromatic heterocycles. The van der Waals surface area contributed by atoms with Crippen LogP contribution in [-0.4, -0.2) is 60.6 Å². The summed E-state index contributed by atoms with van der Waals surface area (Å²) in [7, 11) is 0. The van der Waals surface area contributed by atoms with Gasteiger partial charge in [0, 0.05) is 40.6 Å². The SMILES string of the molecule is Cc1ccc(NC(=O)OCCN(CCOC(=O)Nc2ccc(C)c(NC(=O)Oc3ccccc3)c2)c2ccc(N=Nc3nc4ccc([N+](=O)[O-])cc4s3)cc2)cc1NC(=O)Oc1ccccc1. The summed E-state index contributed by atoms with van der Waals surface area (Å²) in [6, 6.07) is 38.4. The van der Waals surface area contributed by atoms with E-state index in [0.29, 0.717) is 61.0 Å². The van der Waals surface area contributed by atoms with Crippen LogP contribution in [-0.2, 0) is 9.47 Å². The second-order valence-electron chi connectivity index (χ2n) is 14.3. The minimum absolute atomic E-state index is 0.0487. The molecule has 0 saturated carbocycles. The number of amides is 4. The van der Waals surface area contributed by atoms with Gasteiger partial charge in [-0.2, -0.15) is 0 Å². The summed E-state index contributed by atoms with van der Waals surface area (Å²) in [5.41, 5.74) is 4.71. The second-order valence-corrected chi connectivity index (χ2v) is 15.4. The van der Waals surface area contributed by atoms with Gasteiger partial charge in [0.2, 0.25) is 5.13 Å². The third-order valence-electron chi connectivity index (χ3n) is 9.58. The highest BCUT2D eigenvalue weighted by Gasteiger charge is 2.15. The van der Waals surface area contributed by atoms with E-state index in [2.05, 4.69) is 36.5 Å². The number of azo groups is 1. The Bertz CT molecular complexity index is 2790. The van der Waals surface area contributed by atoms with Gasteiger partial charge in [-0.3, -0.25) is 31.4 Å². The summed E-state index contributed by atoms with van der Waals surface area (Å²) in [4.78, 5) is 67.9. The summed E-state index contributed by atoms with van der Waals surface area (Å²) in [5.74, 6) is 0.740. The Morgan fingerprint density at radius 1 is 0.627 bits per heavy atom. The van der Waals surface area contributed by atoms with Crippen LogP contribution in [0.2, 0.25) is 0 Å². The summed E-state index contributed by atoms with van der Waals surface area (Å²) >= 11 is 1.17. The highest BCUT2D eigenvalue weighted by atomic mass is 32.1. The molecule has 19 nitrogen and oxygen atoms in total. The highest BCUT2D eigenvalue weighted by molar-refractivity contribution is 7.21. The predicted molar refractivity (Wildman–Crippen MR) is 254 cm³/mol. The first kappa shape index (κ1) is 46.1. The highest BCUT2D eigenvalue weighted by Crippen LogP contribution is 2.32. The number of hydrogen-bond acceptors (Lipinski definition) is 15. The van der Waals surface area contributed by atoms with E-state index in [1.165, 1.54) is 23.5 Å². The summed E-state index contributed by atoms with van der Waals surface area (Å²) in [6.07, 6.45) is -2.90. The second kappa shape index (κ2) is 22.1. The molecule has 7 aromatic rings. The fourth-order valence-corrected chi connectivity index (χ4v) is 7.01. The fourth-order valence-electron chi connectivity index (χ4n) is 6.19. The molecule has 4 amide bonds. The van der Waals surface area contributed by atoms with Gasteiger partial charge in [-0.1, -0.05) is 59.9 Å². The van der Waals surface area contributed by atoms with Crippen molar-refractivity contribution in [3.63, 3.8) is 0 Å². The number of rotatable bonds is 16. The Kier molecular flexibility index (Phi) is 15.2. The molecule has 340 valence electrons. The number of carbonyl (C=O) groups is 4. The Hall–Kier alpha value is -8.91. The Labute approximate surface area is 386 Å². The molecule has 67 heavy (non-hydrogen) atoms. The number of para-hydroxylation sites is 2. The van der Waals surface area contributed by atoms with Gasteiger partial charge in [0.25, 0.3) is 5.69 Å². The maximum Gasteiger partial charge on any atom is 0.417 e. The van der Waals surface area contributed by atoms with Crippen molar-refractivity contribution in [1.82, 2.24) is 4.98 Å². The first-order valence-electron chi connectivity index (χ1n) is 20.4. The number of hydrogen-bond donors (Lipinski definition) is 4. The number of nitrogens with one attached hydrogen (secondary N) is 4. The lowest BCUT2D eigenvalue weighted by atomic mass is 10.2. The van der Waals surface area contributed by atoms with Crippen molar-refractivity contribution in [3.05, 3.63) is 161 Å². The molecule has 0 bridgehead atoms. The maximum absolute atomic E-state index is 13.0. The maximum atomic E-state index is 13.0. The molecular formula is C47H41N9O10S. The molecule has 20 heteroatoms. The number of nitrogens with zero attached hydrogens (tertiary/aromatic N) is 5. The van der Waals surface area contributed by atoms with E-state index in [0.717, 1.165) is 11.1 Å². The number of carbonyl (C=O) groups excluding carboxylic acids is 4. The number of thiazole rings is 1. The normalized spacial score (nSPS) is 10.8. The average molecular weight is 924 g/mol. The summed E-state index contributed by atoms with van der Waals surface area (Å²) in [5, 5.41) is 30.7. The van der Waals surface area contributed by atoms with Gasteiger partial charge in [-0.05, 0) is 104 Å². The lowest BCUT2D eigenvalue weighted by Gasteiger charge is -2.24. The summed E-state index contributed by atoms with van der Waals surface area (Å²) in [6.45, 7) is 3.77. The van der Waals surface area contributed by atoms with Crippen LogP contribution in [0.5, 0.6) is 11.5 Å². The average Bonchev–Trinajstić information content (AvgIpc) is 3.73. The molecule has 0 radical (unpaired) electrons. The molecule has 0 aliphatic carbocycles. The number of nitro groups is 1. The number of ether oxygens (including phenoxy) is 4. The smallest absolute Gasteiger partial charge is 0.417 e. The molecule has 0 unspecified atom stereocenters. The molecule has 0 atom stereocenters. The van der Waals surface area contributed by atoms with Crippen molar-refractivity contribution in [3.8, 4) is 11.5 Å². The number of aromatic nitrogens is 1. The molecular weight excluding hydrogens is 883 g/mol. The molecule has 0 spiro atoms. The van der Waals surface area contributed by atoms with Gasteiger partial charge in [-0.15, -0.1) is 10.2 Å². The Morgan fingerprint density at radius 2 is 1.15 bits per heavy atom. The van der Waals surface area contributed by atoms with Gasteiger partial charge in [0.1, 0.15) is 24.7 Å². The molecule has 0 fully saturated rings. The van der Waals surface area contributed by atoms with E-state index < -0.39 is 29.3 Å². The minimum Gasteiger partial charge on any atom is -0.447 e. The molecule has 7 rings (SSSR count). The lowest BCUT2D eigenvalue weighted by Crippen LogP contribution is -2.33. The van der Waals surface area contributed by atoms with Crippen molar-refractivity contribution in [2.24, 2.45) is 10.2 Å². The quantitative estimate of drug-likeness (QED) is 0.0402. The first-order chi connectivity index (χ1) is 32.4. The van der Waals surface area contributed by atoms with Crippen LogP contribution >= 0.6 is 11.3 Å². The number of fused-ring (bicyclic) bond motifs is 1. The van der Waals surface area contributed by atoms with Crippen LogP contribution in [0.4, 0.5) is 64.1 Å². The predicted octanol–water partition coefficient (Wildman–Crippen LogP) is 11.8. The Morgan fingerprint density at radius 3 is 1.66 bits per heavy atom. The number of nitro benzene ring substituents is 1. The van der Waals surface area contributed by atoms with Gasteiger partial charge >= 0.3 is 24.4 Å². The van der Waals surface area contributed by atoms with Gasteiger partial charge in [-0.25, -0.2) is 24.2 Å². The van der Waals surface area contributed by atoms with E-state index >= 15 is 0 Å². The number of non-ortho nitro benzene ring substituents is 1. The molecule has 0 saturated heterocycles. The van der Waals surface area contributed by atoms with E-state index in [1.807, 2.05) is 4.90 Å². The number of benzene rings is 6. The van der Waals surface area contributed by atoms with Gasteiger partial charge in [0.05, 0.1) is 33.9 Å². The first-order valence-corrected chi connectivity index (χ1v) is 21.2. The van der Waals surface area contributed by atoms with Crippen LogP contribution in [0.25, 0.3) is 10.2 Å². The zero-order valence-electron chi connectivity index (χ0n) is 35.8. The molecule has 1 heterocycles. The third kappa shape index (κ3) is 13.5. The molecule has 4 N–H and O–H groups in total. The number of anilines is 5. The Balaban J connectivity index is 0.966. The van der Waals surface area contributed by atoms with Crippen molar-refractivity contribution in [2.75, 3.05) is 52.5 Å². The molecule has 0 aliphatic heterocycles. The van der Waals surface area contributed by atoms with Crippen molar-refractivity contribution in [2.45, 2.75) is 13.8 Å². The fraction of sp³-hybridized carbons (Fsp3) is 0.128. The van der Waals surface area contributed by atoms with Crippen LogP contribution < -0.4 is 35.6 Å². The van der Waals surface area contributed by atoms with Gasteiger partial charge in [0.15, 0.2) is 0 Å². The lowest BCUT2D eigenvalue weighted by molar-refractivity contribution is -0.384. The third-order valence-corrected chi connectivity index (χ3v) is 10.5. The van der Waals surface area contributed by atoms with E-state index in [4.69, 9.17) is 18.9 Å². The topological polar surface area (TPSA) is 237 Å². The van der Waals surface area contributed by atoms with Crippen molar-refractivity contribution < 1.29 is 43.0 Å². The largest absolute Gasteiger partial charge is 0.447 e. The standard InChI is InChI=1S/C47H41N9O10S/c1-30-13-15-33(27-40(30)51-46(59)65-37-9-5-3-6-10-37)48-44(57)63-25-23-55(35-19-17-32(18-20-35)53-54-43-50-39-22-21-36(56(61)62)29-42(39)67-43)24-26-64-45(58)49-34-16-14-31(2)41(28-34)52-47(60)66-38-11-7-4-8-12-38/h3-22,27-29H,23-26H2,1-2H3,(H,48,57)(H,49,58)(H,51,59)(H,52,60). The van der Waals surface area contributed by atoms with Crippen molar-refractivity contribution >= 4 is 90.9 Å². The minimum atomic E-state index is -0.752. The van der Waals surface area contributed by atoms with Gasteiger partial charge < -0.3 is 23.8 Å². The molecule has 6 aromatic carbocycles. The molecule has 0 aliphatic rings. The van der Waals surface area contributed by atoms with Crippen LogP contribution in [0.15, 0.2) is 150 Å². The van der Waals surface area contributed by atoms with E-state index in [1.54, 1.807) is 141 Å². The van der Waals surface area contributed by atoms with Crippen LogP contribution in [0, 0.1) is 24.0 Å². The van der Waals surface area contributed by atoms with E-state index in [-0.39, 0.29) is 32.0 Å². The number of aryl methyl sites for hydroxylation is 2. The van der Waals surface area contributed by atoms with Crippen LogP contribution in [0.3, 0.4) is 0 Å². The summed E-state index contributed by atoms with van der Waals surface area (Å²) < 4.78 is 22.3. The van der Waals surface area contributed by atoms with E-state index in [9.17, 15) is 29.3 Å². The monoisotopic (exact) mass is 923 g/mol. The zero-order valence-corrected chi connectivity index (χ0v) is 36.7. The van der Waals surface area contributed by atoms with Crippen LogP contribution in [0.1, 0.15) is 11.1 Å². The van der Waals surface area contributed by atoms with Crippen molar-refractivity contribution in [1.29, 1.82) is 0 Å². The zero-order chi connectivity index (χ0) is 47.1.